The van der Waals surface area contributed by atoms with E-state index in [0.717, 1.165) is 34.6 Å². The molecule has 0 aliphatic rings. The van der Waals surface area contributed by atoms with Gasteiger partial charge in [-0.3, -0.25) is 9.55 Å². The van der Waals surface area contributed by atoms with Crippen LogP contribution in [0, 0.1) is 11.9 Å². The van der Waals surface area contributed by atoms with Gasteiger partial charge in [0.15, 0.2) is 0 Å². The summed E-state index contributed by atoms with van der Waals surface area (Å²) in [7, 11) is 0. The Morgan fingerprint density at radius 2 is 1.47 bits per heavy atom. The van der Waals surface area contributed by atoms with Crippen molar-refractivity contribution in [2.45, 2.75) is 51.6 Å². The number of imidazole rings is 1. The molecule has 2 aromatic carbocycles. The molecular formula is C38H33F5N6. The van der Waals surface area contributed by atoms with Crippen molar-refractivity contribution in [1.82, 2.24) is 24.5 Å². The molecule has 6 rings (SSSR count). The van der Waals surface area contributed by atoms with E-state index in [-0.39, 0.29) is 17.1 Å². The van der Waals surface area contributed by atoms with Gasteiger partial charge in [-0.2, -0.15) is 26.9 Å². The van der Waals surface area contributed by atoms with Crippen molar-refractivity contribution in [2.75, 3.05) is 4.90 Å². The third kappa shape index (κ3) is 6.78. The van der Waals surface area contributed by atoms with Gasteiger partial charge in [-0.05, 0) is 92.4 Å². The molecule has 1 atom stereocenters. The molecule has 0 aliphatic carbocycles. The van der Waals surface area contributed by atoms with Crippen LogP contribution >= 0.6 is 0 Å². The summed E-state index contributed by atoms with van der Waals surface area (Å²) >= 11 is 0. The van der Waals surface area contributed by atoms with Gasteiger partial charge in [-0.15, -0.1) is 0 Å². The van der Waals surface area contributed by atoms with E-state index in [1.165, 1.54) is 23.9 Å². The van der Waals surface area contributed by atoms with E-state index in [0.29, 0.717) is 23.0 Å². The van der Waals surface area contributed by atoms with E-state index in [4.69, 9.17) is 4.98 Å². The van der Waals surface area contributed by atoms with Crippen LogP contribution in [-0.2, 0) is 11.6 Å². The first-order valence-electron chi connectivity index (χ1n) is 15.8. The number of hydrogen-bond acceptors (Lipinski definition) is 5. The molecule has 0 saturated heterocycles. The van der Waals surface area contributed by atoms with E-state index in [2.05, 4.69) is 40.9 Å². The van der Waals surface area contributed by atoms with Gasteiger partial charge in [0.2, 0.25) is 17.7 Å². The fraction of sp³-hybridized carbons (Fsp3) is 0.211. The molecule has 250 valence electrons. The first-order valence-corrected chi connectivity index (χ1v) is 15.8. The Labute approximate surface area is 281 Å². The molecule has 4 heterocycles. The van der Waals surface area contributed by atoms with Gasteiger partial charge in [0.25, 0.3) is 0 Å². The molecular weight excluding hydrogens is 635 g/mol. The van der Waals surface area contributed by atoms with Crippen LogP contribution in [0.15, 0.2) is 109 Å². The van der Waals surface area contributed by atoms with Crippen molar-refractivity contribution in [2.24, 2.45) is 0 Å². The van der Waals surface area contributed by atoms with E-state index in [1.807, 2.05) is 67.3 Å². The minimum absolute atomic E-state index is 0.0182. The van der Waals surface area contributed by atoms with Crippen LogP contribution < -0.4 is 4.90 Å². The van der Waals surface area contributed by atoms with E-state index in [1.54, 1.807) is 18.2 Å². The van der Waals surface area contributed by atoms with E-state index < -0.39 is 29.3 Å². The van der Waals surface area contributed by atoms with Crippen molar-refractivity contribution in [3.63, 3.8) is 0 Å². The second kappa shape index (κ2) is 13.2. The van der Waals surface area contributed by atoms with Crippen LogP contribution in [0.2, 0.25) is 0 Å². The average Bonchev–Trinajstić information content (AvgIpc) is 3.60. The number of hydrogen-bond donors (Lipinski definition) is 0. The predicted octanol–water partition coefficient (Wildman–Crippen LogP) is 10.3. The highest BCUT2D eigenvalue weighted by Gasteiger charge is 2.37. The predicted molar refractivity (Wildman–Crippen MR) is 179 cm³/mol. The maximum Gasteiger partial charge on any atom is 0.450 e. The number of rotatable bonds is 9. The highest BCUT2D eigenvalue weighted by Crippen LogP contribution is 2.41. The summed E-state index contributed by atoms with van der Waals surface area (Å²) in [6.45, 7) is 7.97. The van der Waals surface area contributed by atoms with Crippen LogP contribution in [0.3, 0.4) is 0 Å². The molecule has 49 heavy (non-hydrogen) atoms. The number of anilines is 3. The summed E-state index contributed by atoms with van der Waals surface area (Å²) in [5, 5.41) is 0. The second-order valence-electron chi connectivity index (χ2n) is 12.3. The Morgan fingerprint density at radius 3 is 2.14 bits per heavy atom. The molecule has 6 aromatic rings. The molecule has 4 aromatic heterocycles. The second-order valence-corrected chi connectivity index (χ2v) is 12.3. The monoisotopic (exact) mass is 668 g/mol. The van der Waals surface area contributed by atoms with Crippen molar-refractivity contribution < 1.29 is 22.0 Å². The number of aromatic nitrogens is 5. The van der Waals surface area contributed by atoms with Crippen LogP contribution in [0.1, 0.15) is 62.8 Å². The fourth-order valence-electron chi connectivity index (χ4n) is 5.65. The number of nitrogens with zero attached hydrogens (tertiary/aromatic N) is 6. The lowest BCUT2D eigenvalue weighted by atomic mass is 9.84. The summed E-state index contributed by atoms with van der Waals surface area (Å²) in [5.74, 6) is -2.71. The largest absolute Gasteiger partial charge is 0.450 e. The highest BCUT2D eigenvalue weighted by molar-refractivity contribution is 5.79. The lowest BCUT2D eigenvalue weighted by Gasteiger charge is -2.30. The zero-order valence-corrected chi connectivity index (χ0v) is 27.2. The molecule has 11 heteroatoms. The Bertz CT molecular complexity index is 2070. The van der Waals surface area contributed by atoms with Gasteiger partial charge in [0, 0.05) is 29.2 Å². The maximum atomic E-state index is 15.2. The number of halogens is 5. The zero-order chi connectivity index (χ0) is 34.9. The van der Waals surface area contributed by atoms with Crippen molar-refractivity contribution >= 4 is 17.1 Å². The molecule has 0 saturated carbocycles. The summed E-state index contributed by atoms with van der Waals surface area (Å²) in [5.41, 5.74) is 3.44. The van der Waals surface area contributed by atoms with Gasteiger partial charge in [0.05, 0.1) is 28.3 Å². The van der Waals surface area contributed by atoms with E-state index in [9.17, 15) is 17.6 Å². The quantitative estimate of drug-likeness (QED) is 0.113. The lowest BCUT2D eigenvalue weighted by molar-refractivity contribution is -0.146. The zero-order valence-electron chi connectivity index (χ0n) is 27.2. The SMILES string of the molecule is CCC(C)c1ccc(N(c2ccccc2)c2cc(-c3ccc(F)nc3F)nc(C(C)(C)c3cccc(-n4ccnc4C(F)(F)F)n3)c2)cc1. The van der Waals surface area contributed by atoms with Gasteiger partial charge in [0.1, 0.15) is 5.82 Å². The van der Waals surface area contributed by atoms with Gasteiger partial charge in [-0.25, -0.2) is 9.97 Å². The van der Waals surface area contributed by atoms with Crippen LogP contribution in [-0.4, -0.2) is 24.5 Å². The number of benzene rings is 2. The Morgan fingerprint density at radius 1 is 0.755 bits per heavy atom. The Kier molecular flexibility index (Phi) is 9.02. The highest BCUT2D eigenvalue weighted by atomic mass is 19.4. The van der Waals surface area contributed by atoms with Crippen LogP contribution in [0.5, 0.6) is 0 Å². The Hall–Kier alpha value is -5.45. The van der Waals surface area contributed by atoms with Crippen molar-refractivity contribution in [3.05, 3.63) is 144 Å². The molecule has 0 radical (unpaired) electrons. The number of para-hydroxylation sites is 1. The molecule has 0 aliphatic heterocycles. The standard InChI is InChI=1S/C38H33F5N6/c1-5-24(2)25-14-16-27(17-15-25)49(26-10-7-6-8-11-26)28-22-30(29-18-19-33(39)47-35(29)40)45-32(23-28)37(3,4)31-12-9-13-34(46-31)48-21-20-44-36(48)38(41,42)43/h6-24H,5H2,1-4H3. The first kappa shape index (κ1) is 33.5. The van der Waals surface area contributed by atoms with Gasteiger partial charge in [-0.1, -0.05) is 50.2 Å². The third-order valence-corrected chi connectivity index (χ3v) is 8.66. The smallest absolute Gasteiger partial charge is 0.310 e. The molecule has 0 spiro atoms. The van der Waals surface area contributed by atoms with Crippen LogP contribution in [0.4, 0.5) is 39.0 Å². The molecule has 0 bridgehead atoms. The molecule has 0 amide bonds. The normalized spacial score (nSPS) is 12.6. The molecule has 0 N–H and O–H groups in total. The minimum atomic E-state index is -4.69. The summed E-state index contributed by atoms with van der Waals surface area (Å²) in [4.78, 5) is 18.4. The summed E-state index contributed by atoms with van der Waals surface area (Å²) in [6.07, 6.45) is -1.44. The molecule has 1 unspecified atom stereocenters. The fourth-order valence-corrected chi connectivity index (χ4v) is 5.65. The summed E-state index contributed by atoms with van der Waals surface area (Å²) < 4.78 is 71.2. The topological polar surface area (TPSA) is 59.7 Å². The molecule has 0 fully saturated rings. The van der Waals surface area contributed by atoms with Crippen LogP contribution in [0.25, 0.3) is 17.1 Å². The van der Waals surface area contributed by atoms with Gasteiger partial charge >= 0.3 is 6.18 Å². The summed E-state index contributed by atoms with van der Waals surface area (Å²) in [6, 6.07) is 28.5. The average molecular weight is 669 g/mol. The lowest BCUT2D eigenvalue weighted by Crippen LogP contribution is -2.24. The van der Waals surface area contributed by atoms with Crippen molar-refractivity contribution in [1.29, 1.82) is 0 Å². The first-order chi connectivity index (χ1) is 23.4. The Balaban J connectivity index is 1.55. The minimum Gasteiger partial charge on any atom is -0.310 e. The number of pyridine rings is 3. The van der Waals surface area contributed by atoms with E-state index >= 15 is 4.39 Å². The number of alkyl halides is 3. The maximum absolute atomic E-state index is 15.2. The van der Waals surface area contributed by atoms with Gasteiger partial charge < -0.3 is 4.90 Å². The molecule has 6 nitrogen and oxygen atoms in total. The van der Waals surface area contributed by atoms with Crippen molar-refractivity contribution in [3.8, 4) is 17.1 Å². The third-order valence-electron chi connectivity index (χ3n) is 8.66.